The molecule has 8 heteroatoms. The molecule has 0 amide bonds. The van der Waals surface area contributed by atoms with Gasteiger partial charge in [-0.25, -0.2) is 0 Å². The minimum Gasteiger partial charge on any atom is -0.490 e. The molecule has 1 aliphatic rings. The Kier molecular flexibility index (Phi) is 10.1. The highest BCUT2D eigenvalue weighted by Gasteiger charge is 2.32. The van der Waals surface area contributed by atoms with Crippen LogP contribution in [0.4, 0.5) is 0 Å². The molecule has 1 aromatic rings. The van der Waals surface area contributed by atoms with Crippen molar-refractivity contribution in [2.45, 2.75) is 52.9 Å². The van der Waals surface area contributed by atoms with Gasteiger partial charge in [0.05, 0.1) is 24.5 Å². The van der Waals surface area contributed by atoms with Crippen LogP contribution in [0.3, 0.4) is 0 Å². The Labute approximate surface area is 184 Å². The highest BCUT2D eigenvalue weighted by atomic mass is 16.7. The first kappa shape index (κ1) is 24.9. The van der Waals surface area contributed by atoms with Crippen LogP contribution in [0.5, 0.6) is 11.5 Å². The Morgan fingerprint density at radius 2 is 1.81 bits per heavy atom. The maximum absolute atomic E-state index is 12.6. The fourth-order valence-corrected chi connectivity index (χ4v) is 3.41. The zero-order chi connectivity index (χ0) is 22.8. The summed E-state index contributed by atoms with van der Waals surface area (Å²) >= 11 is 0. The van der Waals surface area contributed by atoms with Gasteiger partial charge in [-0.3, -0.25) is 9.59 Å². The van der Waals surface area contributed by atoms with Crippen LogP contribution in [0.25, 0.3) is 0 Å². The highest BCUT2D eigenvalue weighted by Crippen LogP contribution is 2.28. The van der Waals surface area contributed by atoms with Crippen LogP contribution in [0.1, 0.15) is 40.5 Å². The molecule has 1 fully saturated rings. The molecule has 4 atom stereocenters. The molecular weight excluding hydrogens is 402 g/mol. The second-order valence-electron chi connectivity index (χ2n) is 7.93. The van der Waals surface area contributed by atoms with Crippen molar-refractivity contribution in [2.24, 2.45) is 23.5 Å². The molecule has 0 aromatic heterocycles. The van der Waals surface area contributed by atoms with E-state index in [9.17, 15) is 9.59 Å². The van der Waals surface area contributed by atoms with Crippen LogP contribution in [0.15, 0.2) is 24.3 Å². The first-order chi connectivity index (χ1) is 14.8. The lowest BCUT2D eigenvalue weighted by Gasteiger charge is -2.29. The number of benzene rings is 1. The van der Waals surface area contributed by atoms with E-state index in [1.165, 1.54) is 6.92 Å². The van der Waals surface area contributed by atoms with Crippen molar-refractivity contribution in [1.29, 1.82) is 0 Å². The lowest BCUT2D eigenvalue weighted by molar-refractivity contribution is -0.193. The SMILES string of the molecule is CCOc1ccccc1OCC1CC(C(=O)OC(C)OC(=O)[C@@H](CN)C(C)C)CCO1. The molecule has 174 valence electrons. The number of esters is 2. The molecule has 8 nitrogen and oxygen atoms in total. The fraction of sp³-hybridized carbons (Fsp3) is 0.652. The number of nitrogens with two attached hydrogens (primary N) is 1. The van der Waals surface area contributed by atoms with Gasteiger partial charge in [-0.1, -0.05) is 26.0 Å². The summed E-state index contributed by atoms with van der Waals surface area (Å²) in [5.74, 6) is -0.278. The maximum Gasteiger partial charge on any atom is 0.313 e. The molecule has 31 heavy (non-hydrogen) atoms. The van der Waals surface area contributed by atoms with E-state index in [1.807, 2.05) is 45.0 Å². The molecule has 1 heterocycles. The van der Waals surface area contributed by atoms with Gasteiger partial charge in [-0.15, -0.1) is 0 Å². The van der Waals surface area contributed by atoms with Gasteiger partial charge in [0, 0.05) is 20.1 Å². The number of ether oxygens (including phenoxy) is 5. The third-order valence-electron chi connectivity index (χ3n) is 5.20. The summed E-state index contributed by atoms with van der Waals surface area (Å²) in [6, 6.07) is 7.43. The first-order valence-corrected chi connectivity index (χ1v) is 10.9. The lowest BCUT2D eigenvalue weighted by atomic mass is 9.96. The van der Waals surface area contributed by atoms with Crippen LogP contribution in [0, 0.1) is 17.8 Å². The monoisotopic (exact) mass is 437 g/mol. The Morgan fingerprint density at radius 3 is 2.42 bits per heavy atom. The van der Waals surface area contributed by atoms with Gasteiger partial charge in [-0.2, -0.15) is 0 Å². The predicted molar refractivity (Wildman–Crippen MR) is 115 cm³/mol. The molecule has 1 aromatic carbocycles. The van der Waals surface area contributed by atoms with Crippen molar-refractivity contribution in [3.8, 4) is 11.5 Å². The Morgan fingerprint density at radius 1 is 1.13 bits per heavy atom. The van der Waals surface area contributed by atoms with Gasteiger partial charge in [-0.05, 0) is 37.8 Å². The van der Waals surface area contributed by atoms with Gasteiger partial charge in [0.2, 0.25) is 6.29 Å². The van der Waals surface area contributed by atoms with Crippen molar-refractivity contribution >= 4 is 11.9 Å². The van der Waals surface area contributed by atoms with Gasteiger partial charge >= 0.3 is 11.9 Å². The second-order valence-corrected chi connectivity index (χ2v) is 7.93. The standard InChI is InChI=1S/C23H35NO7/c1-5-27-20-8-6-7-9-21(20)29-14-18-12-17(10-11-28-18)22(25)30-16(4)31-23(26)19(13-24)15(2)3/h6-9,15-19H,5,10-14,24H2,1-4H3/t16?,17?,18?,19-/m0/s1. The number of para-hydroxylation sites is 2. The van der Waals surface area contributed by atoms with E-state index in [-0.39, 0.29) is 24.5 Å². The summed E-state index contributed by atoms with van der Waals surface area (Å²) in [7, 11) is 0. The second kappa shape index (κ2) is 12.5. The van der Waals surface area contributed by atoms with Gasteiger partial charge < -0.3 is 29.4 Å². The average Bonchev–Trinajstić information content (AvgIpc) is 2.73. The number of carbonyl (C=O) groups excluding carboxylic acids is 2. The third-order valence-corrected chi connectivity index (χ3v) is 5.20. The van der Waals surface area contributed by atoms with Crippen LogP contribution >= 0.6 is 0 Å². The van der Waals surface area contributed by atoms with E-state index < -0.39 is 24.1 Å². The number of rotatable bonds is 11. The fourth-order valence-electron chi connectivity index (χ4n) is 3.41. The van der Waals surface area contributed by atoms with E-state index >= 15 is 0 Å². The van der Waals surface area contributed by atoms with Crippen molar-refractivity contribution < 1.29 is 33.3 Å². The van der Waals surface area contributed by atoms with E-state index in [1.54, 1.807) is 0 Å². The van der Waals surface area contributed by atoms with E-state index in [4.69, 9.17) is 29.4 Å². The van der Waals surface area contributed by atoms with Gasteiger partial charge in [0.25, 0.3) is 0 Å². The normalized spacial score (nSPS) is 20.6. The summed E-state index contributed by atoms with van der Waals surface area (Å²) < 4.78 is 27.8. The molecule has 1 aliphatic heterocycles. The first-order valence-electron chi connectivity index (χ1n) is 10.9. The molecule has 0 aliphatic carbocycles. The third kappa shape index (κ3) is 7.70. The van der Waals surface area contributed by atoms with Gasteiger partial charge in [0.1, 0.15) is 6.61 Å². The lowest BCUT2D eigenvalue weighted by Crippen LogP contribution is -2.37. The zero-order valence-electron chi connectivity index (χ0n) is 18.9. The Hall–Kier alpha value is -2.32. The van der Waals surface area contributed by atoms with Gasteiger partial charge in [0.15, 0.2) is 11.5 Å². The topological polar surface area (TPSA) is 106 Å². The van der Waals surface area contributed by atoms with Crippen LogP contribution in [0.2, 0.25) is 0 Å². The number of hydrogen-bond acceptors (Lipinski definition) is 8. The predicted octanol–water partition coefficient (Wildman–Crippen LogP) is 2.92. The highest BCUT2D eigenvalue weighted by molar-refractivity contribution is 5.74. The summed E-state index contributed by atoms with van der Waals surface area (Å²) in [6.07, 6.45) is -0.207. The van der Waals surface area contributed by atoms with Crippen LogP contribution in [-0.4, -0.2) is 50.7 Å². The molecule has 3 unspecified atom stereocenters. The number of hydrogen-bond donors (Lipinski definition) is 1. The molecular formula is C23H35NO7. The molecule has 0 bridgehead atoms. The molecule has 2 N–H and O–H groups in total. The summed E-state index contributed by atoms with van der Waals surface area (Å²) in [6.45, 7) is 8.69. The Bertz CT molecular complexity index is 709. The van der Waals surface area contributed by atoms with Crippen molar-refractivity contribution in [3.05, 3.63) is 24.3 Å². The molecule has 0 radical (unpaired) electrons. The van der Waals surface area contributed by atoms with Crippen LogP contribution in [-0.2, 0) is 23.8 Å². The number of carbonyl (C=O) groups is 2. The summed E-state index contributed by atoms with van der Waals surface area (Å²) in [5, 5.41) is 0. The van der Waals surface area contributed by atoms with Crippen molar-refractivity contribution in [2.75, 3.05) is 26.4 Å². The Balaban J connectivity index is 1.83. The molecule has 0 saturated carbocycles. The quantitative estimate of drug-likeness (QED) is 0.416. The molecule has 2 rings (SSSR count). The maximum atomic E-state index is 12.6. The summed E-state index contributed by atoms with van der Waals surface area (Å²) in [5.41, 5.74) is 5.64. The van der Waals surface area contributed by atoms with Crippen LogP contribution < -0.4 is 15.2 Å². The average molecular weight is 438 g/mol. The van der Waals surface area contributed by atoms with Crippen molar-refractivity contribution in [1.82, 2.24) is 0 Å². The molecule has 0 spiro atoms. The van der Waals surface area contributed by atoms with E-state index in [0.29, 0.717) is 44.2 Å². The summed E-state index contributed by atoms with van der Waals surface area (Å²) in [4.78, 5) is 24.8. The zero-order valence-corrected chi connectivity index (χ0v) is 18.9. The van der Waals surface area contributed by atoms with E-state index in [2.05, 4.69) is 0 Å². The smallest absolute Gasteiger partial charge is 0.313 e. The largest absolute Gasteiger partial charge is 0.490 e. The minimum atomic E-state index is -0.969. The molecule has 1 saturated heterocycles. The van der Waals surface area contributed by atoms with Crippen molar-refractivity contribution in [3.63, 3.8) is 0 Å². The minimum absolute atomic E-state index is 0.0458. The van der Waals surface area contributed by atoms with E-state index in [0.717, 1.165) is 0 Å².